The molecule has 0 fully saturated rings. The molecule has 0 radical (unpaired) electrons. The van der Waals surface area contributed by atoms with Crippen molar-refractivity contribution in [3.8, 4) is 11.5 Å². The Kier molecular flexibility index (Phi) is 8.45. The van der Waals surface area contributed by atoms with E-state index in [9.17, 15) is 9.59 Å². The van der Waals surface area contributed by atoms with Gasteiger partial charge in [-0.2, -0.15) is 0 Å². The first-order chi connectivity index (χ1) is 20.1. The summed E-state index contributed by atoms with van der Waals surface area (Å²) in [4.78, 5) is 26.4. The Morgan fingerprint density at radius 1 is 0.683 bits per heavy atom. The van der Waals surface area contributed by atoms with Crippen molar-refractivity contribution in [3.05, 3.63) is 143 Å². The molecule has 0 aliphatic carbocycles. The van der Waals surface area contributed by atoms with Crippen LogP contribution in [0.3, 0.4) is 0 Å². The topological polar surface area (TPSA) is 80.3 Å². The van der Waals surface area contributed by atoms with E-state index in [0.717, 1.165) is 11.1 Å². The van der Waals surface area contributed by atoms with Crippen molar-refractivity contribution < 1.29 is 33.3 Å². The third-order valence-electron chi connectivity index (χ3n) is 6.44. The molecule has 206 valence electrons. The highest BCUT2D eigenvalue weighted by Gasteiger charge is 2.37. The summed E-state index contributed by atoms with van der Waals surface area (Å²) < 4.78 is 28.2. The van der Waals surface area contributed by atoms with Crippen LogP contribution >= 0.6 is 0 Å². The summed E-state index contributed by atoms with van der Waals surface area (Å²) >= 11 is 0. The van der Waals surface area contributed by atoms with Gasteiger partial charge in [-0.1, -0.05) is 84.9 Å². The number of cyclic esters (lactones) is 1. The van der Waals surface area contributed by atoms with Gasteiger partial charge in [-0.3, -0.25) is 0 Å². The number of esters is 2. The Morgan fingerprint density at radius 3 is 1.80 bits per heavy atom. The summed E-state index contributed by atoms with van der Waals surface area (Å²) in [5.41, 5.74) is 3.20. The van der Waals surface area contributed by atoms with Crippen LogP contribution in [-0.2, 0) is 37.0 Å². The molecule has 0 saturated heterocycles. The first kappa shape index (κ1) is 27.3. The Bertz CT molecular complexity index is 1570. The largest absolute Gasteiger partial charge is 0.497 e. The van der Waals surface area contributed by atoms with Crippen LogP contribution in [0.5, 0.6) is 11.5 Å². The molecule has 0 saturated carbocycles. The highest BCUT2D eigenvalue weighted by atomic mass is 16.6. The molecule has 7 heteroatoms. The highest BCUT2D eigenvalue weighted by molar-refractivity contribution is 6.25. The summed E-state index contributed by atoms with van der Waals surface area (Å²) in [6.45, 7) is 0.546. The number of ether oxygens (including phenoxy) is 5. The van der Waals surface area contributed by atoms with E-state index in [1.807, 2.05) is 60.7 Å². The Hall–Kier alpha value is -5.30. The standard InChI is InChI=1S/C34H28O7/c1-37-27-17-13-25(14-18-27)29-31(40-22-24-11-7-4-8-12-24)32(41-34(29)36)30(33(35)38-2)26-15-19-28(20-16-26)39-21-23-9-5-3-6-10-23/h3-20H,21-22H2,1-2H3/b32-30+. The number of carbonyl (C=O) groups is 2. The Labute approximate surface area is 238 Å². The minimum absolute atomic E-state index is 0.0125. The van der Waals surface area contributed by atoms with Gasteiger partial charge in [0.25, 0.3) is 0 Å². The molecule has 0 unspecified atom stereocenters. The molecule has 0 spiro atoms. The average Bonchev–Trinajstić information content (AvgIpc) is 3.35. The maximum Gasteiger partial charge on any atom is 0.348 e. The van der Waals surface area contributed by atoms with Crippen molar-refractivity contribution in [2.45, 2.75) is 13.2 Å². The van der Waals surface area contributed by atoms with Crippen LogP contribution in [0.4, 0.5) is 0 Å². The lowest BCUT2D eigenvalue weighted by molar-refractivity contribution is -0.134. The number of benzene rings is 4. The van der Waals surface area contributed by atoms with Gasteiger partial charge < -0.3 is 23.7 Å². The summed E-state index contributed by atoms with van der Waals surface area (Å²) in [5.74, 6) is 0.0636. The van der Waals surface area contributed by atoms with Gasteiger partial charge in [0.05, 0.1) is 14.2 Å². The van der Waals surface area contributed by atoms with Gasteiger partial charge in [0.1, 0.15) is 35.9 Å². The van der Waals surface area contributed by atoms with Gasteiger partial charge in [-0.05, 0) is 46.5 Å². The van der Waals surface area contributed by atoms with E-state index >= 15 is 0 Å². The molecule has 0 bridgehead atoms. The van der Waals surface area contributed by atoms with Gasteiger partial charge >= 0.3 is 11.9 Å². The van der Waals surface area contributed by atoms with Crippen molar-refractivity contribution in [3.63, 3.8) is 0 Å². The first-order valence-electron chi connectivity index (χ1n) is 12.9. The maximum absolute atomic E-state index is 13.3. The van der Waals surface area contributed by atoms with Crippen LogP contribution in [-0.4, -0.2) is 26.2 Å². The molecule has 4 aromatic rings. The lowest BCUT2D eigenvalue weighted by Crippen LogP contribution is -2.10. The second kappa shape index (κ2) is 12.7. The third kappa shape index (κ3) is 6.31. The van der Waals surface area contributed by atoms with Crippen LogP contribution < -0.4 is 9.47 Å². The molecule has 1 aliphatic rings. The van der Waals surface area contributed by atoms with E-state index in [4.69, 9.17) is 23.7 Å². The normalized spacial score (nSPS) is 13.9. The monoisotopic (exact) mass is 548 g/mol. The zero-order chi connectivity index (χ0) is 28.6. The van der Waals surface area contributed by atoms with Crippen LogP contribution in [0, 0.1) is 0 Å². The van der Waals surface area contributed by atoms with Crippen molar-refractivity contribution in [1.82, 2.24) is 0 Å². The van der Waals surface area contributed by atoms with Crippen LogP contribution in [0.25, 0.3) is 11.1 Å². The second-order valence-corrected chi connectivity index (χ2v) is 9.09. The van der Waals surface area contributed by atoms with E-state index in [1.165, 1.54) is 7.11 Å². The SMILES string of the molecule is COC(=O)/C(=C1/OC(=O)C(c2ccc(OC)cc2)=C1OCc1ccccc1)c1ccc(OCc2ccccc2)cc1. The summed E-state index contributed by atoms with van der Waals surface area (Å²) in [6.07, 6.45) is 0. The molecule has 0 atom stereocenters. The number of methoxy groups -OCH3 is 2. The quantitative estimate of drug-likeness (QED) is 0.169. The van der Waals surface area contributed by atoms with Gasteiger partial charge in [0.2, 0.25) is 0 Å². The minimum atomic E-state index is -0.678. The summed E-state index contributed by atoms with van der Waals surface area (Å²) in [7, 11) is 2.84. The molecule has 4 aromatic carbocycles. The number of carbonyl (C=O) groups excluding carboxylic acids is 2. The molecule has 41 heavy (non-hydrogen) atoms. The fourth-order valence-electron chi connectivity index (χ4n) is 4.34. The lowest BCUT2D eigenvalue weighted by atomic mass is 10.0. The molecular weight excluding hydrogens is 520 g/mol. The van der Waals surface area contributed by atoms with Crippen molar-refractivity contribution in [1.29, 1.82) is 0 Å². The summed E-state index contributed by atoms with van der Waals surface area (Å²) in [5, 5.41) is 0. The molecular formula is C34H28O7. The fourth-order valence-corrected chi connectivity index (χ4v) is 4.34. The van der Waals surface area contributed by atoms with E-state index in [2.05, 4.69) is 0 Å². The number of hydrogen-bond acceptors (Lipinski definition) is 7. The minimum Gasteiger partial charge on any atom is -0.497 e. The molecule has 5 rings (SSSR count). The molecule has 7 nitrogen and oxygen atoms in total. The van der Waals surface area contributed by atoms with Crippen LogP contribution in [0.1, 0.15) is 22.3 Å². The van der Waals surface area contributed by atoms with E-state index in [1.54, 1.807) is 55.6 Å². The smallest absolute Gasteiger partial charge is 0.348 e. The summed E-state index contributed by atoms with van der Waals surface area (Å²) in [6, 6.07) is 33.2. The lowest BCUT2D eigenvalue weighted by Gasteiger charge is -2.14. The zero-order valence-electron chi connectivity index (χ0n) is 22.7. The predicted molar refractivity (Wildman–Crippen MR) is 153 cm³/mol. The van der Waals surface area contributed by atoms with Gasteiger partial charge in [-0.25, -0.2) is 9.59 Å². The molecule has 1 heterocycles. The molecule has 0 amide bonds. The van der Waals surface area contributed by atoms with E-state index in [0.29, 0.717) is 29.2 Å². The maximum atomic E-state index is 13.3. The van der Waals surface area contributed by atoms with Gasteiger partial charge in [0, 0.05) is 0 Å². The molecule has 0 aromatic heterocycles. The zero-order valence-corrected chi connectivity index (χ0v) is 22.7. The van der Waals surface area contributed by atoms with Gasteiger partial charge in [0.15, 0.2) is 11.5 Å². The molecule has 0 N–H and O–H groups in total. The second-order valence-electron chi connectivity index (χ2n) is 9.09. The Morgan fingerprint density at radius 2 is 1.24 bits per heavy atom. The number of hydrogen-bond donors (Lipinski definition) is 0. The van der Waals surface area contributed by atoms with Gasteiger partial charge in [-0.15, -0.1) is 0 Å². The van der Waals surface area contributed by atoms with Crippen LogP contribution in [0.2, 0.25) is 0 Å². The number of rotatable bonds is 10. The molecule has 1 aliphatic heterocycles. The van der Waals surface area contributed by atoms with Crippen LogP contribution in [0.15, 0.2) is 121 Å². The Balaban J connectivity index is 1.54. The average molecular weight is 549 g/mol. The fraction of sp³-hybridized carbons (Fsp3) is 0.118. The van der Waals surface area contributed by atoms with E-state index < -0.39 is 11.9 Å². The van der Waals surface area contributed by atoms with Crippen molar-refractivity contribution in [2.24, 2.45) is 0 Å². The van der Waals surface area contributed by atoms with Crippen molar-refractivity contribution >= 4 is 23.1 Å². The third-order valence-corrected chi connectivity index (χ3v) is 6.44. The van der Waals surface area contributed by atoms with E-state index in [-0.39, 0.29) is 29.3 Å². The van der Waals surface area contributed by atoms with Crippen molar-refractivity contribution in [2.75, 3.05) is 14.2 Å². The predicted octanol–water partition coefficient (Wildman–Crippen LogP) is 6.34. The highest BCUT2D eigenvalue weighted by Crippen LogP contribution is 2.39. The first-order valence-corrected chi connectivity index (χ1v) is 12.9.